The van der Waals surface area contributed by atoms with Gasteiger partial charge in [-0.15, -0.1) is 0 Å². The number of sulfone groups is 1. The van der Waals surface area contributed by atoms with Gasteiger partial charge >= 0.3 is 0 Å². The molecule has 1 aliphatic heterocycles. The summed E-state index contributed by atoms with van der Waals surface area (Å²) in [6.45, 7) is 5.65. The molecule has 0 amide bonds. The van der Waals surface area contributed by atoms with E-state index in [4.69, 9.17) is 0 Å². The summed E-state index contributed by atoms with van der Waals surface area (Å²) in [6.07, 6.45) is 8.66. The standard InChI is InChI=1S/C23H28N8O2SSi/c1-16-14-30(17-5-6-17)10-11-31(35-16)18-7-8-20(25-13-18)28-21-12-22(27-15-26-21)29-23-19(34(2,32)33)4-3-9-24-23/h3-4,7-9,12-13,15-17H,5-6,10-11,14H2,1-2H3,(H2,24,25,26,27,28,29)/t16-/m0/s1. The van der Waals surface area contributed by atoms with Crippen molar-refractivity contribution in [3.8, 4) is 0 Å². The topological polar surface area (TPSA) is 116 Å². The molecule has 1 saturated carbocycles. The first-order valence-corrected chi connectivity index (χ1v) is 14.5. The lowest BCUT2D eigenvalue weighted by atomic mass is 10.3. The van der Waals surface area contributed by atoms with Crippen LogP contribution in [0.5, 0.6) is 0 Å². The number of aromatic nitrogens is 4. The second-order valence-corrected chi connectivity index (χ2v) is 12.7. The van der Waals surface area contributed by atoms with E-state index < -0.39 is 9.84 Å². The maximum Gasteiger partial charge on any atom is 0.185 e. The Kier molecular flexibility index (Phi) is 6.67. The van der Waals surface area contributed by atoms with Gasteiger partial charge in [0.25, 0.3) is 0 Å². The number of rotatable bonds is 7. The van der Waals surface area contributed by atoms with E-state index in [0.717, 1.165) is 40.8 Å². The van der Waals surface area contributed by atoms with Gasteiger partial charge in [-0.2, -0.15) is 0 Å². The third-order valence-electron chi connectivity index (χ3n) is 5.96. The summed E-state index contributed by atoms with van der Waals surface area (Å²) in [5.41, 5.74) is 1.78. The molecule has 0 spiro atoms. The normalized spacial score (nSPS) is 19.3. The van der Waals surface area contributed by atoms with Gasteiger partial charge in [-0.25, -0.2) is 28.4 Å². The highest BCUT2D eigenvalue weighted by atomic mass is 32.2. The monoisotopic (exact) mass is 508 g/mol. The molecule has 2 radical (unpaired) electrons. The fourth-order valence-corrected chi connectivity index (χ4v) is 6.31. The van der Waals surface area contributed by atoms with Crippen molar-refractivity contribution in [1.82, 2.24) is 24.8 Å². The Bertz CT molecular complexity index is 1290. The largest absolute Gasteiger partial charge is 0.395 e. The quantitative estimate of drug-likeness (QED) is 0.462. The van der Waals surface area contributed by atoms with Crippen LogP contribution in [0.15, 0.2) is 53.9 Å². The van der Waals surface area contributed by atoms with Crippen LogP contribution in [0.2, 0.25) is 5.54 Å². The van der Waals surface area contributed by atoms with Gasteiger partial charge in [0.2, 0.25) is 0 Å². The van der Waals surface area contributed by atoms with E-state index in [-0.39, 0.29) is 10.7 Å². The van der Waals surface area contributed by atoms with Gasteiger partial charge in [-0.3, -0.25) is 4.90 Å². The van der Waals surface area contributed by atoms with E-state index in [2.05, 4.69) is 53.0 Å². The van der Waals surface area contributed by atoms with Crippen LogP contribution in [0.3, 0.4) is 0 Å². The molecule has 4 heterocycles. The molecule has 1 atom stereocenters. The lowest BCUT2D eigenvalue weighted by Crippen LogP contribution is -2.32. The highest BCUT2D eigenvalue weighted by Crippen LogP contribution is 2.30. The van der Waals surface area contributed by atoms with Gasteiger partial charge in [0, 0.05) is 49.9 Å². The molecule has 0 unspecified atom stereocenters. The maximum absolute atomic E-state index is 12.0. The molecule has 1 saturated heterocycles. The molecule has 0 aromatic carbocycles. The summed E-state index contributed by atoms with van der Waals surface area (Å²) in [7, 11) is -2.69. The molecule has 12 heteroatoms. The summed E-state index contributed by atoms with van der Waals surface area (Å²) < 4.78 is 26.5. The van der Waals surface area contributed by atoms with Crippen LogP contribution >= 0.6 is 0 Å². The first-order chi connectivity index (χ1) is 16.8. The minimum absolute atomic E-state index is 0.106. The molecule has 2 fully saturated rings. The first-order valence-electron chi connectivity index (χ1n) is 11.6. The number of nitrogens with one attached hydrogen (secondary N) is 2. The number of nitrogens with zero attached hydrogens (tertiary/aromatic N) is 6. The van der Waals surface area contributed by atoms with E-state index in [9.17, 15) is 8.42 Å². The summed E-state index contributed by atoms with van der Waals surface area (Å²) in [5.74, 6) is 1.83. The van der Waals surface area contributed by atoms with Crippen LogP contribution < -0.4 is 15.2 Å². The van der Waals surface area contributed by atoms with Crippen molar-refractivity contribution < 1.29 is 8.42 Å². The highest BCUT2D eigenvalue weighted by Gasteiger charge is 2.32. The molecule has 10 nitrogen and oxygen atoms in total. The molecule has 2 aliphatic rings. The smallest absolute Gasteiger partial charge is 0.185 e. The zero-order chi connectivity index (χ0) is 24.4. The molecule has 2 N–H and O–H groups in total. The van der Waals surface area contributed by atoms with E-state index in [1.807, 2.05) is 12.3 Å². The van der Waals surface area contributed by atoms with Crippen LogP contribution in [0.4, 0.5) is 29.0 Å². The zero-order valence-electron chi connectivity index (χ0n) is 19.7. The summed E-state index contributed by atoms with van der Waals surface area (Å²) >= 11 is 0. The number of pyridine rings is 2. The Hall–Kier alpha value is -3.09. The summed E-state index contributed by atoms with van der Waals surface area (Å²) in [4.78, 5) is 19.9. The third-order valence-corrected chi connectivity index (χ3v) is 8.50. The molecule has 3 aromatic rings. The fraction of sp³-hybridized carbons (Fsp3) is 0.391. The maximum atomic E-state index is 12.0. The van der Waals surface area contributed by atoms with Crippen molar-refractivity contribution in [3.05, 3.63) is 49.1 Å². The van der Waals surface area contributed by atoms with E-state index in [0.29, 0.717) is 23.0 Å². The Labute approximate surface area is 208 Å². The van der Waals surface area contributed by atoms with E-state index >= 15 is 0 Å². The predicted octanol–water partition coefficient (Wildman–Crippen LogP) is 2.87. The van der Waals surface area contributed by atoms with Gasteiger partial charge in [0.15, 0.2) is 19.5 Å². The van der Waals surface area contributed by atoms with Crippen LogP contribution in [0, 0.1) is 0 Å². The molecule has 182 valence electrons. The molecular weight excluding hydrogens is 480 g/mol. The molecule has 3 aromatic heterocycles. The van der Waals surface area contributed by atoms with Crippen LogP contribution in [0.25, 0.3) is 0 Å². The molecule has 1 aliphatic carbocycles. The summed E-state index contributed by atoms with van der Waals surface area (Å²) in [5, 5.41) is 6.16. The second kappa shape index (κ2) is 9.88. The zero-order valence-corrected chi connectivity index (χ0v) is 21.5. The van der Waals surface area contributed by atoms with Crippen molar-refractivity contribution in [2.75, 3.05) is 41.1 Å². The van der Waals surface area contributed by atoms with Crippen molar-refractivity contribution in [2.24, 2.45) is 0 Å². The van der Waals surface area contributed by atoms with Gasteiger partial charge in [0.05, 0.1) is 6.20 Å². The average Bonchev–Trinajstić information content (AvgIpc) is 3.67. The van der Waals surface area contributed by atoms with Gasteiger partial charge in [-0.1, -0.05) is 6.92 Å². The third kappa shape index (κ3) is 5.95. The van der Waals surface area contributed by atoms with Crippen LogP contribution in [-0.2, 0) is 9.84 Å². The Morgan fingerprint density at radius 3 is 2.51 bits per heavy atom. The molecule has 0 bridgehead atoms. The lowest BCUT2D eigenvalue weighted by Gasteiger charge is -2.23. The Morgan fingerprint density at radius 1 is 1.00 bits per heavy atom. The highest BCUT2D eigenvalue weighted by molar-refractivity contribution is 7.90. The van der Waals surface area contributed by atoms with Crippen molar-refractivity contribution in [1.29, 1.82) is 0 Å². The number of hydrogen-bond acceptors (Lipinski definition) is 10. The molecular formula is C23H28N8O2SSi. The van der Waals surface area contributed by atoms with Gasteiger partial charge in [0.1, 0.15) is 34.5 Å². The van der Waals surface area contributed by atoms with Gasteiger partial charge in [-0.05, 0) is 42.6 Å². The van der Waals surface area contributed by atoms with Crippen molar-refractivity contribution in [2.45, 2.75) is 36.2 Å². The average molecular weight is 509 g/mol. The fourth-order valence-electron chi connectivity index (χ4n) is 4.17. The molecule has 35 heavy (non-hydrogen) atoms. The van der Waals surface area contributed by atoms with Crippen molar-refractivity contribution in [3.63, 3.8) is 0 Å². The second-order valence-electron chi connectivity index (χ2n) is 8.97. The molecule has 5 rings (SSSR count). The predicted molar refractivity (Wildman–Crippen MR) is 137 cm³/mol. The number of hydrogen-bond donors (Lipinski definition) is 2. The Morgan fingerprint density at radius 2 is 1.80 bits per heavy atom. The SMILES string of the molecule is C[C@H]1CN(C2CC2)CCN(c2ccc(Nc3cc(Nc4ncccc4S(C)(=O)=O)ncn3)nc2)[Si]1. The minimum Gasteiger partial charge on any atom is -0.395 e. The lowest BCUT2D eigenvalue weighted by molar-refractivity contribution is 0.278. The number of anilines is 5. The van der Waals surface area contributed by atoms with Crippen LogP contribution in [-0.4, -0.2) is 74.9 Å². The minimum atomic E-state index is -3.44. The Balaban J connectivity index is 1.25. The van der Waals surface area contributed by atoms with E-state index in [1.165, 1.54) is 38.0 Å². The van der Waals surface area contributed by atoms with Gasteiger partial charge < -0.3 is 15.2 Å². The van der Waals surface area contributed by atoms with Crippen LogP contribution in [0.1, 0.15) is 19.8 Å². The summed E-state index contributed by atoms with van der Waals surface area (Å²) in [6, 6.07) is 9.61. The first kappa shape index (κ1) is 23.6. The van der Waals surface area contributed by atoms with Crippen molar-refractivity contribution >= 4 is 48.5 Å². The van der Waals surface area contributed by atoms with E-state index in [1.54, 1.807) is 12.1 Å².